The maximum Gasteiger partial charge on any atom is 0.387 e. The van der Waals surface area contributed by atoms with E-state index in [-0.39, 0.29) is 17.2 Å². The quantitative estimate of drug-likeness (QED) is 0.344. The Labute approximate surface area is 114 Å². The first kappa shape index (κ1) is 15.7. The molecule has 0 heterocycles. The number of carbonyl (C=O) groups is 1. The summed E-state index contributed by atoms with van der Waals surface area (Å²) >= 11 is 0. The number of nitrogens with zero attached hydrogens (tertiary/aromatic N) is 3. The summed E-state index contributed by atoms with van der Waals surface area (Å²) in [5, 5.41) is 6.01. The highest BCUT2D eigenvalue weighted by Crippen LogP contribution is 2.15. The number of halogens is 2. The average molecular weight is 284 g/mol. The molecule has 0 aromatic heterocycles. The number of rotatable bonds is 8. The van der Waals surface area contributed by atoms with Gasteiger partial charge >= 0.3 is 6.61 Å². The molecule has 0 radical (unpaired) electrons. The molecule has 0 saturated heterocycles. The molecule has 0 unspecified atom stereocenters. The van der Waals surface area contributed by atoms with Gasteiger partial charge in [0.2, 0.25) is 0 Å². The summed E-state index contributed by atoms with van der Waals surface area (Å²) in [6.07, 6.45) is 1.33. The lowest BCUT2D eigenvalue weighted by Gasteiger charge is -2.07. The van der Waals surface area contributed by atoms with Gasteiger partial charge in [0.05, 0.1) is 0 Å². The average Bonchev–Trinajstić information content (AvgIpc) is 2.42. The topological polar surface area (TPSA) is 87.1 Å². The number of nitrogens with one attached hydrogen (secondary N) is 1. The standard InChI is InChI=1S/C12H14F2N4O2/c13-12(14)20-10-5-3-4-9(8-10)11(19)16-6-1-2-7-17-18-15/h3-5,8,12H,1-2,6-7H2,(H,16,19). The molecule has 1 aromatic carbocycles. The lowest BCUT2D eigenvalue weighted by molar-refractivity contribution is -0.0498. The second-order valence-electron chi connectivity index (χ2n) is 3.82. The van der Waals surface area contributed by atoms with E-state index in [2.05, 4.69) is 20.1 Å². The van der Waals surface area contributed by atoms with Crippen LogP contribution in [0.2, 0.25) is 0 Å². The first-order valence-corrected chi connectivity index (χ1v) is 5.97. The largest absolute Gasteiger partial charge is 0.435 e. The van der Waals surface area contributed by atoms with Crippen molar-refractivity contribution in [3.8, 4) is 5.75 Å². The number of ether oxygens (including phenoxy) is 1. The SMILES string of the molecule is [N-]=[N+]=NCCCCNC(=O)c1cccc(OC(F)F)c1. The number of hydrogen-bond donors (Lipinski definition) is 1. The number of alkyl halides is 2. The summed E-state index contributed by atoms with van der Waals surface area (Å²) in [7, 11) is 0. The maximum atomic E-state index is 12.0. The van der Waals surface area contributed by atoms with E-state index in [9.17, 15) is 13.6 Å². The molecule has 0 bridgehead atoms. The van der Waals surface area contributed by atoms with Gasteiger partial charge < -0.3 is 10.1 Å². The number of unbranched alkanes of at least 4 members (excludes halogenated alkanes) is 1. The van der Waals surface area contributed by atoms with Crippen LogP contribution in [0.1, 0.15) is 23.2 Å². The van der Waals surface area contributed by atoms with Crippen LogP contribution in [0.4, 0.5) is 8.78 Å². The molecule has 0 aliphatic heterocycles. The van der Waals surface area contributed by atoms with Crippen LogP contribution in [0.25, 0.3) is 10.4 Å². The van der Waals surface area contributed by atoms with Gasteiger partial charge in [0.25, 0.3) is 5.91 Å². The molecule has 6 nitrogen and oxygen atoms in total. The van der Waals surface area contributed by atoms with Crippen molar-refractivity contribution in [1.29, 1.82) is 0 Å². The second kappa shape index (κ2) is 8.71. The fourth-order valence-corrected chi connectivity index (χ4v) is 1.47. The molecule has 1 amide bonds. The molecule has 20 heavy (non-hydrogen) atoms. The summed E-state index contributed by atoms with van der Waals surface area (Å²) in [6.45, 7) is -2.13. The predicted octanol–water partition coefficient (Wildman–Crippen LogP) is 3.11. The minimum absolute atomic E-state index is 0.0593. The van der Waals surface area contributed by atoms with Crippen molar-refractivity contribution in [2.24, 2.45) is 5.11 Å². The molecule has 1 N–H and O–H groups in total. The second-order valence-corrected chi connectivity index (χ2v) is 3.82. The molecule has 0 fully saturated rings. The van der Waals surface area contributed by atoms with Crippen molar-refractivity contribution in [3.05, 3.63) is 40.3 Å². The Hall–Kier alpha value is -2.34. The summed E-state index contributed by atoms with van der Waals surface area (Å²) in [5.74, 6) is -0.426. The van der Waals surface area contributed by atoms with Crippen LogP contribution >= 0.6 is 0 Å². The van der Waals surface area contributed by atoms with Crippen LogP contribution in [0, 0.1) is 0 Å². The van der Waals surface area contributed by atoms with E-state index in [0.29, 0.717) is 25.9 Å². The minimum atomic E-state index is -2.92. The predicted molar refractivity (Wildman–Crippen MR) is 68.7 cm³/mol. The van der Waals surface area contributed by atoms with Gasteiger partial charge in [-0.25, -0.2) is 0 Å². The van der Waals surface area contributed by atoms with Gasteiger partial charge in [0, 0.05) is 23.6 Å². The number of azide groups is 1. The fourth-order valence-electron chi connectivity index (χ4n) is 1.47. The summed E-state index contributed by atoms with van der Waals surface area (Å²) in [6, 6.07) is 5.58. The van der Waals surface area contributed by atoms with E-state index in [1.807, 2.05) is 0 Å². The highest BCUT2D eigenvalue weighted by atomic mass is 19.3. The number of hydrogen-bond acceptors (Lipinski definition) is 3. The lowest BCUT2D eigenvalue weighted by atomic mass is 10.2. The monoisotopic (exact) mass is 284 g/mol. The fraction of sp³-hybridized carbons (Fsp3) is 0.417. The number of carbonyl (C=O) groups excluding carboxylic acids is 1. The van der Waals surface area contributed by atoms with Gasteiger partial charge in [-0.05, 0) is 36.6 Å². The van der Waals surface area contributed by atoms with Gasteiger partial charge in [0.15, 0.2) is 0 Å². The molecular formula is C12H14F2N4O2. The molecule has 0 atom stereocenters. The zero-order valence-corrected chi connectivity index (χ0v) is 10.6. The van der Waals surface area contributed by atoms with Crippen molar-refractivity contribution in [2.45, 2.75) is 19.5 Å². The van der Waals surface area contributed by atoms with Crippen molar-refractivity contribution >= 4 is 5.91 Å². The van der Waals surface area contributed by atoms with Crippen LogP contribution in [-0.4, -0.2) is 25.6 Å². The van der Waals surface area contributed by atoms with Crippen molar-refractivity contribution < 1.29 is 18.3 Å². The van der Waals surface area contributed by atoms with E-state index >= 15 is 0 Å². The molecule has 1 rings (SSSR count). The highest BCUT2D eigenvalue weighted by Gasteiger charge is 2.08. The summed E-state index contributed by atoms with van der Waals surface area (Å²) < 4.78 is 28.3. The van der Waals surface area contributed by atoms with Crippen LogP contribution in [0.15, 0.2) is 29.4 Å². The van der Waals surface area contributed by atoms with Gasteiger partial charge in [-0.3, -0.25) is 4.79 Å². The number of amides is 1. The third kappa shape index (κ3) is 6.01. The van der Waals surface area contributed by atoms with E-state index in [0.717, 1.165) is 0 Å². The molecule has 8 heteroatoms. The number of benzene rings is 1. The van der Waals surface area contributed by atoms with E-state index in [1.165, 1.54) is 24.3 Å². The molecule has 1 aromatic rings. The van der Waals surface area contributed by atoms with Crippen molar-refractivity contribution in [2.75, 3.05) is 13.1 Å². The third-order valence-corrected chi connectivity index (χ3v) is 2.36. The van der Waals surface area contributed by atoms with Crippen LogP contribution in [0.3, 0.4) is 0 Å². The van der Waals surface area contributed by atoms with Crippen LogP contribution < -0.4 is 10.1 Å². The van der Waals surface area contributed by atoms with Crippen LogP contribution in [0.5, 0.6) is 5.75 Å². The van der Waals surface area contributed by atoms with Crippen molar-refractivity contribution in [3.63, 3.8) is 0 Å². The zero-order valence-electron chi connectivity index (χ0n) is 10.6. The Morgan fingerprint density at radius 3 is 2.95 bits per heavy atom. The minimum Gasteiger partial charge on any atom is -0.435 e. The Bertz CT molecular complexity index is 490. The smallest absolute Gasteiger partial charge is 0.387 e. The molecule has 0 saturated carbocycles. The Balaban J connectivity index is 2.41. The van der Waals surface area contributed by atoms with E-state index < -0.39 is 6.61 Å². The van der Waals surface area contributed by atoms with E-state index in [4.69, 9.17) is 5.53 Å². The highest BCUT2D eigenvalue weighted by molar-refractivity contribution is 5.94. The molecular weight excluding hydrogens is 270 g/mol. The summed E-state index contributed by atoms with van der Waals surface area (Å²) in [5.41, 5.74) is 8.32. The van der Waals surface area contributed by atoms with E-state index in [1.54, 1.807) is 0 Å². The molecule has 0 spiro atoms. The van der Waals surface area contributed by atoms with Crippen molar-refractivity contribution in [1.82, 2.24) is 5.32 Å². The lowest BCUT2D eigenvalue weighted by Crippen LogP contribution is -2.24. The van der Waals surface area contributed by atoms with Gasteiger partial charge in [-0.1, -0.05) is 11.2 Å². The summed E-state index contributed by atoms with van der Waals surface area (Å²) in [4.78, 5) is 14.3. The van der Waals surface area contributed by atoms with Gasteiger partial charge in [-0.2, -0.15) is 8.78 Å². The molecule has 108 valence electrons. The first-order valence-electron chi connectivity index (χ1n) is 5.97. The Kier molecular flexibility index (Phi) is 6.84. The molecule has 0 aliphatic carbocycles. The zero-order chi connectivity index (χ0) is 14.8. The van der Waals surface area contributed by atoms with Gasteiger partial charge in [0.1, 0.15) is 5.75 Å². The normalized spacial score (nSPS) is 9.95. The third-order valence-electron chi connectivity index (χ3n) is 2.36. The molecule has 0 aliphatic rings. The Morgan fingerprint density at radius 1 is 1.45 bits per heavy atom. The van der Waals surface area contributed by atoms with Gasteiger partial charge in [-0.15, -0.1) is 0 Å². The first-order chi connectivity index (χ1) is 9.63. The Morgan fingerprint density at radius 2 is 2.25 bits per heavy atom. The maximum absolute atomic E-state index is 12.0. The van der Waals surface area contributed by atoms with Crippen LogP contribution in [-0.2, 0) is 0 Å².